The Morgan fingerprint density at radius 2 is 2.40 bits per heavy atom. The van der Waals surface area contributed by atoms with E-state index in [0.717, 1.165) is 32.0 Å². The molecule has 1 fully saturated rings. The summed E-state index contributed by atoms with van der Waals surface area (Å²) in [5.41, 5.74) is 0. The molecule has 0 aliphatic carbocycles. The van der Waals surface area contributed by atoms with E-state index in [9.17, 15) is 0 Å². The van der Waals surface area contributed by atoms with E-state index in [-0.39, 0.29) is 12.4 Å². The summed E-state index contributed by atoms with van der Waals surface area (Å²) in [5.74, 6) is 1.14. The van der Waals surface area contributed by atoms with Crippen LogP contribution in [0.1, 0.15) is 16.7 Å². The number of nitrogens with one attached hydrogen (secondary N) is 1. The predicted molar refractivity (Wildman–Crippen MR) is 88.5 cm³/mol. The molecular weight excluding hydrogens is 360 g/mol. The molecule has 0 amide bonds. The van der Waals surface area contributed by atoms with Gasteiger partial charge in [-0.1, -0.05) is 0 Å². The van der Waals surface area contributed by atoms with Crippen molar-refractivity contribution >= 4 is 39.7 Å². The maximum Gasteiger partial charge on any atom is 0.127 e. The predicted octanol–water partition coefficient (Wildman–Crippen LogP) is 2.81. The minimum Gasteiger partial charge on any atom is -0.337 e. The van der Waals surface area contributed by atoms with Crippen LogP contribution in [0.5, 0.6) is 0 Å². The molecule has 110 valence electrons. The van der Waals surface area contributed by atoms with Crippen LogP contribution in [-0.4, -0.2) is 34.1 Å². The van der Waals surface area contributed by atoms with E-state index in [1.165, 1.54) is 9.35 Å². The summed E-state index contributed by atoms with van der Waals surface area (Å²) in [6, 6.07) is 2.47. The largest absolute Gasteiger partial charge is 0.337 e. The minimum absolute atomic E-state index is 0. The Balaban J connectivity index is 0.00000147. The maximum atomic E-state index is 4.51. The average molecular weight is 378 g/mol. The van der Waals surface area contributed by atoms with Crippen LogP contribution in [0.15, 0.2) is 28.3 Å². The van der Waals surface area contributed by atoms with Crippen LogP contribution in [0.25, 0.3) is 0 Å². The van der Waals surface area contributed by atoms with Crippen molar-refractivity contribution in [1.29, 1.82) is 0 Å². The van der Waals surface area contributed by atoms with E-state index in [0.29, 0.717) is 6.04 Å². The van der Waals surface area contributed by atoms with Gasteiger partial charge in [0, 0.05) is 55.0 Å². The van der Waals surface area contributed by atoms with Gasteiger partial charge < -0.3 is 9.88 Å². The zero-order valence-electron chi connectivity index (χ0n) is 11.3. The number of halogens is 2. The number of hydrogen-bond acceptors (Lipinski definition) is 4. The summed E-state index contributed by atoms with van der Waals surface area (Å²) in [7, 11) is 2.07. The van der Waals surface area contributed by atoms with Crippen LogP contribution in [0.3, 0.4) is 0 Å². The SMILES string of the molecule is Cl.Cn1ccnc1C1CNCCN1Cc1sccc1Br. The molecule has 4 nitrogen and oxygen atoms in total. The number of imidazole rings is 1. The molecule has 2 aromatic heterocycles. The fourth-order valence-electron chi connectivity index (χ4n) is 2.51. The first kappa shape index (κ1) is 16.0. The van der Waals surface area contributed by atoms with Crippen LogP contribution in [0.2, 0.25) is 0 Å². The molecule has 1 N–H and O–H groups in total. The van der Waals surface area contributed by atoms with Gasteiger partial charge in [0.1, 0.15) is 5.82 Å². The second-order valence-corrected chi connectivity index (χ2v) is 6.63. The first-order valence-electron chi connectivity index (χ1n) is 6.39. The smallest absolute Gasteiger partial charge is 0.127 e. The normalized spacial score (nSPS) is 19.8. The molecule has 7 heteroatoms. The van der Waals surface area contributed by atoms with Crippen molar-refractivity contribution in [3.8, 4) is 0 Å². The van der Waals surface area contributed by atoms with Gasteiger partial charge in [-0.05, 0) is 27.4 Å². The molecule has 0 saturated carbocycles. The number of aryl methyl sites for hydroxylation is 1. The molecule has 3 rings (SSSR count). The summed E-state index contributed by atoms with van der Waals surface area (Å²) in [4.78, 5) is 8.41. The molecule has 0 spiro atoms. The molecule has 20 heavy (non-hydrogen) atoms. The van der Waals surface area contributed by atoms with E-state index >= 15 is 0 Å². The molecule has 1 unspecified atom stereocenters. The quantitative estimate of drug-likeness (QED) is 0.893. The van der Waals surface area contributed by atoms with E-state index in [4.69, 9.17) is 0 Å². The van der Waals surface area contributed by atoms with Crippen molar-refractivity contribution in [2.75, 3.05) is 19.6 Å². The Bertz CT molecular complexity index is 556. The Morgan fingerprint density at radius 3 is 3.05 bits per heavy atom. The Labute approximate surface area is 137 Å². The van der Waals surface area contributed by atoms with Gasteiger partial charge in [-0.15, -0.1) is 23.7 Å². The number of aromatic nitrogens is 2. The Kier molecular flexibility index (Phi) is 5.63. The summed E-state index contributed by atoms with van der Waals surface area (Å²) >= 11 is 5.43. The van der Waals surface area contributed by atoms with Gasteiger partial charge in [0.15, 0.2) is 0 Å². The zero-order chi connectivity index (χ0) is 13.2. The van der Waals surface area contributed by atoms with E-state index in [1.807, 2.05) is 23.7 Å². The third kappa shape index (κ3) is 3.26. The monoisotopic (exact) mass is 376 g/mol. The van der Waals surface area contributed by atoms with E-state index in [2.05, 4.69) is 54.2 Å². The molecule has 1 aliphatic heterocycles. The van der Waals surface area contributed by atoms with Crippen molar-refractivity contribution < 1.29 is 0 Å². The topological polar surface area (TPSA) is 33.1 Å². The lowest BCUT2D eigenvalue weighted by atomic mass is 10.1. The second kappa shape index (κ2) is 7.04. The van der Waals surface area contributed by atoms with Gasteiger partial charge in [0.25, 0.3) is 0 Å². The molecule has 1 saturated heterocycles. The number of hydrogen-bond donors (Lipinski definition) is 1. The molecule has 3 heterocycles. The van der Waals surface area contributed by atoms with Crippen molar-refractivity contribution in [2.45, 2.75) is 12.6 Å². The van der Waals surface area contributed by atoms with Crippen molar-refractivity contribution in [2.24, 2.45) is 7.05 Å². The van der Waals surface area contributed by atoms with Crippen molar-refractivity contribution in [3.05, 3.63) is 39.0 Å². The summed E-state index contributed by atoms with van der Waals surface area (Å²) < 4.78 is 3.34. The third-order valence-electron chi connectivity index (χ3n) is 3.55. The third-order valence-corrected chi connectivity index (χ3v) is 5.46. The van der Waals surface area contributed by atoms with Crippen molar-refractivity contribution in [1.82, 2.24) is 19.8 Å². The van der Waals surface area contributed by atoms with E-state index < -0.39 is 0 Å². The lowest BCUT2D eigenvalue weighted by Crippen LogP contribution is -2.46. The lowest BCUT2D eigenvalue weighted by Gasteiger charge is -2.35. The maximum absolute atomic E-state index is 4.51. The average Bonchev–Trinajstić information content (AvgIpc) is 3.00. The fourth-order valence-corrected chi connectivity index (χ4v) is 4.01. The van der Waals surface area contributed by atoms with Gasteiger partial charge in [0.2, 0.25) is 0 Å². The second-order valence-electron chi connectivity index (χ2n) is 4.78. The zero-order valence-corrected chi connectivity index (χ0v) is 14.5. The van der Waals surface area contributed by atoms with Crippen LogP contribution in [0.4, 0.5) is 0 Å². The van der Waals surface area contributed by atoms with Gasteiger partial charge in [0.05, 0.1) is 6.04 Å². The van der Waals surface area contributed by atoms with Crippen LogP contribution in [0, 0.1) is 0 Å². The Hall–Kier alpha value is -0.400. The molecule has 1 atom stereocenters. The van der Waals surface area contributed by atoms with E-state index in [1.54, 1.807) is 0 Å². The van der Waals surface area contributed by atoms with Gasteiger partial charge in [-0.3, -0.25) is 4.90 Å². The van der Waals surface area contributed by atoms with Crippen LogP contribution >= 0.6 is 39.7 Å². The first-order chi connectivity index (χ1) is 9.25. The number of nitrogens with zero attached hydrogens (tertiary/aromatic N) is 3. The van der Waals surface area contributed by atoms with Gasteiger partial charge in [-0.25, -0.2) is 4.98 Å². The lowest BCUT2D eigenvalue weighted by molar-refractivity contribution is 0.146. The highest BCUT2D eigenvalue weighted by Gasteiger charge is 2.27. The molecule has 2 aromatic rings. The number of thiophene rings is 1. The molecule has 0 aromatic carbocycles. The van der Waals surface area contributed by atoms with Gasteiger partial charge >= 0.3 is 0 Å². The highest BCUT2D eigenvalue weighted by atomic mass is 79.9. The molecule has 0 radical (unpaired) electrons. The first-order valence-corrected chi connectivity index (χ1v) is 8.07. The highest BCUT2D eigenvalue weighted by Crippen LogP contribution is 2.28. The molecule has 1 aliphatic rings. The molecular formula is C13H18BrClN4S. The summed E-state index contributed by atoms with van der Waals surface area (Å²) in [6.07, 6.45) is 3.90. The number of piperazine rings is 1. The minimum atomic E-state index is 0. The van der Waals surface area contributed by atoms with Crippen LogP contribution in [-0.2, 0) is 13.6 Å². The fraction of sp³-hybridized carbons (Fsp3) is 0.462. The number of rotatable bonds is 3. The summed E-state index contributed by atoms with van der Waals surface area (Å²) in [5, 5.41) is 5.61. The summed E-state index contributed by atoms with van der Waals surface area (Å²) in [6.45, 7) is 4.05. The molecule has 0 bridgehead atoms. The van der Waals surface area contributed by atoms with Crippen molar-refractivity contribution in [3.63, 3.8) is 0 Å². The van der Waals surface area contributed by atoms with Crippen LogP contribution < -0.4 is 5.32 Å². The highest BCUT2D eigenvalue weighted by molar-refractivity contribution is 9.10. The van der Waals surface area contributed by atoms with Gasteiger partial charge in [-0.2, -0.15) is 0 Å². The Morgan fingerprint density at radius 1 is 1.55 bits per heavy atom. The standard InChI is InChI=1S/C13H17BrN4S.ClH/c1-17-5-4-16-13(17)11-8-15-3-6-18(11)9-12-10(14)2-7-19-12;/h2,4-5,7,11,15H,3,6,8-9H2,1H3;1H.